The first-order valence-electron chi connectivity index (χ1n) is 5.62. The Bertz CT molecular complexity index is 855. The molecular weight excluding hydrogens is 276 g/mol. The lowest BCUT2D eigenvalue weighted by molar-refractivity contribution is 0.912. The molecule has 0 saturated carbocycles. The first-order valence-corrected chi connectivity index (χ1v) is 6.50. The zero-order valence-corrected chi connectivity index (χ0v) is 11.2. The molecule has 0 saturated heterocycles. The highest BCUT2D eigenvalue weighted by atomic mass is 32.1. The van der Waals surface area contributed by atoms with Crippen molar-refractivity contribution in [3.63, 3.8) is 0 Å². The van der Waals surface area contributed by atoms with Gasteiger partial charge in [-0.1, -0.05) is 0 Å². The fourth-order valence-corrected chi connectivity index (χ4v) is 2.35. The van der Waals surface area contributed by atoms with Gasteiger partial charge in [-0.2, -0.15) is 5.26 Å². The summed E-state index contributed by atoms with van der Waals surface area (Å²) < 4.78 is 1.70. The first-order chi connectivity index (χ1) is 9.70. The largest absolute Gasteiger partial charge is 0.333 e. The van der Waals surface area contributed by atoms with Crippen LogP contribution >= 0.6 is 11.3 Å². The summed E-state index contributed by atoms with van der Waals surface area (Å²) in [6.07, 6.45) is 4.93. The lowest BCUT2D eigenvalue weighted by atomic mass is 10.2. The number of nitrogens with one attached hydrogen (secondary N) is 1. The third-order valence-electron chi connectivity index (χ3n) is 2.70. The minimum Gasteiger partial charge on any atom is -0.333 e. The van der Waals surface area contributed by atoms with Crippen molar-refractivity contribution >= 4 is 11.3 Å². The van der Waals surface area contributed by atoms with Gasteiger partial charge in [-0.05, 0) is 0 Å². The third kappa shape index (κ3) is 1.90. The van der Waals surface area contributed by atoms with Crippen LogP contribution in [-0.2, 0) is 7.05 Å². The van der Waals surface area contributed by atoms with E-state index in [1.165, 1.54) is 11.3 Å². The molecule has 7 nitrogen and oxygen atoms in total. The number of hydrogen-bond acceptors (Lipinski definition) is 6. The zero-order chi connectivity index (χ0) is 14.1. The van der Waals surface area contributed by atoms with E-state index in [1.807, 2.05) is 6.07 Å². The number of aromatic amines is 1. The molecule has 3 aromatic heterocycles. The van der Waals surface area contributed by atoms with E-state index in [0.717, 1.165) is 0 Å². The lowest BCUT2D eigenvalue weighted by Gasteiger charge is -2.04. The number of H-pyrrole nitrogens is 1. The number of aryl methyl sites for hydroxylation is 1. The number of thiazole rings is 1. The van der Waals surface area contributed by atoms with Crippen LogP contribution < -0.4 is 5.56 Å². The van der Waals surface area contributed by atoms with Gasteiger partial charge in [0, 0.05) is 31.0 Å². The van der Waals surface area contributed by atoms with E-state index in [9.17, 15) is 4.79 Å². The molecule has 98 valence electrons. The van der Waals surface area contributed by atoms with Crippen LogP contribution in [0.15, 0.2) is 28.8 Å². The maximum absolute atomic E-state index is 12.0. The predicted molar refractivity (Wildman–Crippen MR) is 72.9 cm³/mol. The molecule has 20 heavy (non-hydrogen) atoms. The average molecular weight is 284 g/mol. The molecular formula is C12H8N6OS. The van der Waals surface area contributed by atoms with Gasteiger partial charge in [0.25, 0.3) is 5.56 Å². The highest BCUT2D eigenvalue weighted by Crippen LogP contribution is 2.21. The normalized spacial score (nSPS) is 10.4. The van der Waals surface area contributed by atoms with Gasteiger partial charge in [0.15, 0.2) is 16.7 Å². The number of rotatable bonds is 2. The Kier molecular flexibility index (Phi) is 2.89. The summed E-state index contributed by atoms with van der Waals surface area (Å²) in [4.78, 5) is 27.2. The maximum Gasteiger partial charge on any atom is 0.269 e. The molecule has 3 heterocycles. The molecule has 0 radical (unpaired) electrons. The van der Waals surface area contributed by atoms with Crippen LogP contribution in [-0.4, -0.2) is 24.5 Å². The number of imidazole rings is 1. The van der Waals surface area contributed by atoms with E-state index in [2.05, 4.69) is 19.9 Å². The topological polar surface area (TPSA) is 100 Å². The summed E-state index contributed by atoms with van der Waals surface area (Å²) in [5.74, 6) is 0.799. The van der Waals surface area contributed by atoms with Gasteiger partial charge >= 0.3 is 0 Å². The molecule has 3 rings (SSSR count). The fourth-order valence-electron chi connectivity index (χ4n) is 1.77. The van der Waals surface area contributed by atoms with Gasteiger partial charge in [0.05, 0.1) is 0 Å². The van der Waals surface area contributed by atoms with E-state index in [1.54, 1.807) is 35.6 Å². The minimum absolute atomic E-state index is 0.0559. The molecule has 0 fully saturated rings. The molecule has 0 spiro atoms. The van der Waals surface area contributed by atoms with Gasteiger partial charge in [-0.3, -0.25) is 4.79 Å². The fraction of sp³-hybridized carbons (Fsp3) is 0.0833. The molecule has 1 N–H and O–H groups in total. The molecule has 0 atom stereocenters. The van der Waals surface area contributed by atoms with Crippen LogP contribution in [0.4, 0.5) is 0 Å². The molecule has 3 aromatic rings. The summed E-state index contributed by atoms with van der Waals surface area (Å²) in [7, 11) is 1.77. The van der Waals surface area contributed by atoms with Crippen LogP contribution in [0.1, 0.15) is 5.56 Å². The van der Waals surface area contributed by atoms with E-state index in [4.69, 9.17) is 5.26 Å². The maximum atomic E-state index is 12.0. The predicted octanol–water partition coefficient (Wildman–Crippen LogP) is 1.17. The SMILES string of the molecule is Cn1ccnc1-c1nc(-c2nccs2)[nH]c(=O)c1C#N. The summed E-state index contributed by atoms with van der Waals surface area (Å²) in [5.41, 5.74) is -0.292. The highest BCUT2D eigenvalue weighted by Gasteiger charge is 2.17. The van der Waals surface area contributed by atoms with Gasteiger partial charge < -0.3 is 9.55 Å². The van der Waals surface area contributed by atoms with Crippen molar-refractivity contribution in [2.75, 3.05) is 0 Å². The van der Waals surface area contributed by atoms with Crippen molar-refractivity contribution in [3.8, 4) is 28.4 Å². The van der Waals surface area contributed by atoms with Gasteiger partial charge in [-0.25, -0.2) is 15.0 Å². The van der Waals surface area contributed by atoms with Crippen molar-refractivity contribution in [2.24, 2.45) is 7.05 Å². The van der Waals surface area contributed by atoms with Crippen molar-refractivity contribution < 1.29 is 0 Å². The molecule has 0 aliphatic carbocycles. The minimum atomic E-state index is -0.495. The second-order valence-corrected chi connectivity index (χ2v) is 4.84. The number of nitrogens with zero attached hydrogens (tertiary/aromatic N) is 5. The first kappa shape index (κ1) is 12.3. The van der Waals surface area contributed by atoms with Crippen molar-refractivity contribution in [1.82, 2.24) is 24.5 Å². The van der Waals surface area contributed by atoms with E-state index in [0.29, 0.717) is 16.7 Å². The Morgan fingerprint density at radius 2 is 2.25 bits per heavy atom. The van der Waals surface area contributed by atoms with Crippen molar-refractivity contribution in [1.29, 1.82) is 5.26 Å². The smallest absolute Gasteiger partial charge is 0.269 e. The molecule has 0 aliphatic heterocycles. The molecule has 8 heteroatoms. The summed E-state index contributed by atoms with van der Waals surface area (Å²) in [6, 6.07) is 1.88. The van der Waals surface area contributed by atoms with E-state index >= 15 is 0 Å². The van der Waals surface area contributed by atoms with E-state index in [-0.39, 0.29) is 11.3 Å². The molecule has 0 aliphatic rings. The molecule has 0 amide bonds. The van der Waals surface area contributed by atoms with Crippen LogP contribution in [0.5, 0.6) is 0 Å². The number of nitriles is 1. The molecule has 0 aromatic carbocycles. The van der Waals surface area contributed by atoms with Gasteiger partial charge in [0.2, 0.25) is 0 Å². The van der Waals surface area contributed by atoms with Gasteiger partial charge in [-0.15, -0.1) is 11.3 Å². The van der Waals surface area contributed by atoms with Crippen LogP contribution in [0, 0.1) is 11.3 Å². The Morgan fingerprint density at radius 1 is 1.40 bits per heavy atom. The summed E-state index contributed by atoms with van der Waals surface area (Å²) >= 11 is 1.35. The van der Waals surface area contributed by atoms with E-state index < -0.39 is 5.56 Å². The summed E-state index contributed by atoms with van der Waals surface area (Å²) in [5, 5.41) is 11.5. The molecule has 0 bridgehead atoms. The summed E-state index contributed by atoms with van der Waals surface area (Å²) in [6.45, 7) is 0. The van der Waals surface area contributed by atoms with Crippen molar-refractivity contribution in [2.45, 2.75) is 0 Å². The quantitative estimate of drug-likeness (QED) is 0.761. The lowest BCUT2D eigenvalue weighted by Crippen LogP contribution is -2.16. The Labute approximate surface area is 117 Å². The Hall–Kier alpha value is -2.79. The number of hydrogen-bond donors (Lipinski definition) is 1. The van der Waals surface area contributed by atoms with Gasteiger partial charge in [0.1, 0.15) is 17.3 Å². The van der Waals surface area contributed by atoms with Crippen LogP contribution in [0.3, 0.4) is 0 Å². The Balaban J connectivity index is 2.30. The molecule has 0 unspecified atom stereocenters. The van der Waals surface area contributed by atoms with Crippen LogP contribution in [0.2, 0.25) is 0 Å². The Morgan fingerprint density at radius 3 is 2.85 bits per heavy atom. The second kappa shape index (κ2) is 4.71. The number of aromatic nitrogens is 5. The third-order valence-corrected chi connectivity index (χ3v) is 3.48. The second-order valence-electron chi connectivity index (χ2n) is 3.95. The highest BCUT2D eigenvalue weighted by molar-refractivity contribution is 7.12. The zero-order valence-electron chi connectivity index (χ0n) is 10.4. The standard InChI is InChI=1S/C12H8N6OS/c1-18-4-2-14-10(18)8-7(6-13)11(19)17-9(16-8)12-15-3-5-20-12/h2-5H,1H3,(H,16,17,19). The average Bonchev–Trinajstić information content (AvgIpc) is 3.08. The monoisotopic (exact) mass is 284 g/mol. The van der Waals surface area contributed by atoms with Crippen LogP contribution in [0.25, 0.3) is 22.4 Å². The van der Waals surface area contributed by atoms with Crippen molar-refractivity contribution in [3.05, 3.63) is 39.9 Å².